The van der Waals surface area contributed by atoms with Gasteiger partial charge in [-0.05, 0) is 32.5 Å². The Hall–Kier alpha value is -0.353. The minimum absolute atomic E-state index is 0.160. The third kappa shape index (κ3) is 2.95. The van der Waals surface area contributed by atoms with Crippen LogP contribution in [0.3, 0.4) is 0 Å². The van der Waals surface area contributed by atoms with Crippen molar-refractivity contribution in [2.75, 3.05) is 6.61 Å². The van der Waals surface area contributed by atoms with Crippen molar-refractivity contribution >= 4 is 14.3 Å². The fourth-order valence-electron chi connectivity index (χ4n) is 1.13. The van der Waals surface area contributed by atoms with Crippen molar-refractivity contribution in [3.63, 3.8) is 0 Å². The monoisotopic (exact) mass is 188 g/mol. The highest BCUT2D eigenvalue weighted by Crippen LogP contribution is 2.15. The molecule has 0 amide bonds. The molecule has 0 N–H and O–H groups in total. The second kappa shape index (κ2) is 3.58. The summed E-state index contributed by atoms with van der Waals surface area (Å²) >= 11 is 0. The molecule has 0 aromatic heterocycles. The van der Waals surface area contributed by atoms with E-state index in [0.717, 1.165) is 12.8 Å². The van der Waals surface area contributed by atoms with Gasteiger partial charge in [0.2, 0.25) is 8.32 Å². The van der Waals surface area contributed by atoms with Gasteiger partial charge >= 0.3 is 5.97 Å². The lowest BCUT2D eigenvalue weighted by Gasteiger charge is -2.19. The summed E-state index contributed by atoms with van der Waals surface area (Å²) in [4.78, 5) is 11.3. The summed E-state index contributed by atoms with van der Waals surface area (Å²) in [5.74, 6) is -0.160. The van der Waals surface area contributed by atoms with E-state index in [1.807, 2.05) is 19.6 Å². The van der Waals surface area contributed by atoms with Crippen molar-refractivity contribution in [1.82, 2.24) is 0 Å². The van der Waals surface area contributed by atoms with Crippen LogP contribution in [0, 0.1) is 0 Å². The molecule has 0 aromatic carbocycles. The van der Waals surface area contributed by atoms with Crippen LogP contribution in [0.5, 0.6) is 0 Å². The standard InChI is InChI=1S/C8H16O3Si/c1-12(2,3)11-8(9)7-5-4-6-10-7/h7H,4-6H2,1-3H3. The predicted molar refractivity (Wildman–Crippen MR) is 48.4 cm³/mol. The van der Waals surface area contributed by atoms with Gasteiger partial charge in [0.05, 0.1) is 0 Å². The maximum absolute atomic E-state index is 11.3. The Morgan fingerprint density at radius 2 is 2.17 bits per heavy atom. The Morgan fingerprint density at radius 1 is 1.50 bits per heavy atom. The van der Waals surface area contributed by atoms with Gasteiger partial charge in [0.25, 0.3) is 0 Å². The summed E-state index contributed by atoms with van der Waals surface area (Å²) in [6.45, 7) is 6.70. The lowest BCUT2D eigenvalue weighted by molar-refractivity contribution is -0.145. The van der Waals surface area contributed by atoms with Crippen molar-refractivity contribution < 1.29 is 14.0 Å². The van der Waals surface area contributed by atoms with E-state index in [9.17, 15) is 4.79 Å². The Balaban J connectivity index is 2.37. The van der Waals surface area contributed by atoms with Gasteiger partial charge < -0.3 is 9.16 Å². The van der Waals surface area contributed by atoms with Gasteiger partial charge in [-0.3, -0.25) is 4.79 Å². The highest BCUT2D eigenvalue weighted by atomic mass is 28.4. The van der Waals surface area contributed by atoms with Gasteiger partial charge in [-0.2, -0.15) is 0 Å². The molecule has 70 valence electrons. The minimum Gasteiger partial charge on any atom is -0.518 e. The van der Waals surface area contributed by atoms with Crippen LogP contribution in [0.25, 0.3) is 0 Å². The highest BCUT2D eigenvalue weighted by Gasteiger charge is 2.29. The largest absolute Gasteiger partial charge is 0.518 e. The molecule has 1 atom stereocenters. The average molecular weight is 188 g/mol. The molecule has 0 aliphatic carbocycles. The molecular weight excluding hydrogens is 172 g/mol. The van der Waals surface area contributed by atoms with Gasteiger partial charge in [0.15, 0.2) is 6.10 Å². The van der Waals surface area contributed by atoms with E-state index in [1.54, 1.807) is 0 Å². The number of hydrogen-bond acceptors (Lipinski definition) is 3. The van der Waals surface area contributed by atoms with Crippen molar-refractivity contribution in [2.45, 2.75) is 38.6 Å². The number of carbonyl (C=O) groups excluding carboxylic acids is 1. The molecule has 1 rings (SSSR count). The van der Waals surface area contributed by atoms with E-state index in [4.69, 9.17) is 9.16 Å². The van der Waals surface area contributed by atoms with Crippen LogP contribution in [0.15, 0.2) is 0 Å². The predicted octanol–water partition coefficient (Wildman–Crippen LogP) is 1.54. The zero-order valence-electron chi connectivity index (χ0n) is 7.92. The molecule has 0 aromatic rings. The first-order valence-corrected chi connectivity index (χ1v) is 7.74. The fourth-order valence-corrected chi connectivity index (χ4v) is 1.87. The van der Waals surface area contributed by atoms with E-state index >= 15 is 0 Å². The zero-order valence-corrected chi connectivity index (χ0v) is 8.92. The third-order valence-corrected chi connectivity index (χ3v) is 2.41. The van der Waals surface area contributed by atoms with Gasteiger partial charge in [0.1, 0.15) is 0 Å². The van der Waals surface area contributed by atoms with Gasteiger partial charge in [-0.15, -0.1) is 0 Å². The van der Waals surface area contributed by atoms with E-state index < -0.39 is 8.32 Å². The molecule has 1 unspecified atom stereocenters. The van der Waals surface area contributed by atoms with E-state index in [-0.39, 0.29) is 12.1 Å². The van der Waals surface area contributed by atoms with Crippen molar-refractivity contribution in [3.05, 3.63) is 0 Å². The SMILES string of the molecule is C[Si](C)(C)OC(=O)C1CCCO1. The van der Waals surface area contributed by atoms with Crippen LogP contribution in [0.1, 0.15) is 12.8 Å². The lowest BCUT2D eigenvalue weighted by atomic mass is 10.2. The first-order valence-electron chi connectivity index (χ1n) is 4.33. The molecule has 0 bridgehead atoms. The summed E-state index contributed by atoms with van der Waals surface area (Å²) in [6.07, 6.45) is 1.52. The van der Waals surface area contributed by atoms with Crippen molar-refractivity contribution in [1.29, 1.82) is 0 Å². The fraction of sp³-hybridized carbons (Fsp3) is 0.875. The summed E-state index contributed by atoms with van der Waals surface area (Å²) in [5, 5.41) is 0. The summed E-state index contributed by atoms with van der Waals surface area (Å²) in [6, 6.07) is 0. The quantitative estimate of drug-likeness (QED) is 0.617. The second-order valence-electron chi connectivity index (χ2n) is 4.04. The molecule has 1 fully saturated rings. The molecule has 0 spiro atoms. The Morgan fingerprint density at radius 3 is 2.58 bits per heavy atom. The van der Waals surface area contributed by atoms with Crippen molar-refractivity contribution in [3.8, 4) is 0 Å². The van der Waals surface area contributed by atoms with Crippen LogP contribution in [0.2, 0.25) is 19.6 Å². The number of hydrogen-bond donors (Lipinski definition) is 0. The highest BCUT2D eigenvalue weighted by molar-refractivity contribution is 6.71. The smallest absolute Gasteiger partial charge is 0.321 e. The van der Waals surface area contributed by atoms with Gasteiger partial charge in [0, 0.05) is 6.61 Å². The minimum atomic E-state index is -1.72. The molecular formula is C8H16O3Si. The van der Waals surface area contributed by atoms with E-state index in [0.29, 0.717) is 6.61 Å². The normalized spacial score (nSPS) is 24.1. The van der Waals surface area contributed by atoms with Crippen molar-refractivity contribution in [2.24, 2.45) is 0 Å². The zero-order chi connectivity index (χ0) is 9.19. The lowest BCUT2D eigenvalue weighted by Crippen LogP contribution is -2.34. The maximum Gasteiger partial charge on any atom is 0.321 e. The molecule has 3 nitrogen and oxygen atoms in total. The molecule has 1 saturated heterocycles. The summed E-state index contributed by atoms with van der Waals surface area (Å²) in [5.41, 5.74) is 0. The topological polar surface area (TPSA) is 35.5 Å². The first-order chi connectivity index (χ1) is 5.49. The summed E-state index contributed by atoms with van der Waals surface area (Å²) in [7, 11) is -1.72. The number of ether oxygens (including phenoxy) is 1. The first kappa shape index (κ1) is 9.73. The molecule has 0 saturated carbocycles. The Bertz CT molecular complexity index is 168. The average Bonchev–Trinajstić information content (AvgIpc) is 2.32. The molecule has 0 radical (unpaired) electrons. The molecule has 4 heteroatoms. The summed E-state index contributed by atoms with van der Waals surface area (Å²) < 4.78 is 10.5. The van der Waals surface area contributed by atoms with Crippen LogP contribution in [-0.4, -0.2) is 27.0 Å². The molecule has 12 heavy (non-hydrogen) atoms. The van der Waals surface area contributed by atoms with E-state index in [2.05, 4.69) is 0 Å². The number of rotatable bonds is 2. The van der Waals surface area contributed by atoms with Gasteiger partial charge in [-0.1, -0.05) is 0 Å². The number of carbonyl (C=O) groups is 1. The Labute approximate surface area is 74.2 Å². The molecule has 1 heterocycles. The third-order valence-electron chi connectivity index (χ3n) is 1.60. The van der Waals surface area contributed by atoms with Gasteiger partial charge in [-0.25, -0.2) is 0 Å². The van der Waals surface area contributed by atoms with Crippen LogP contribution >= 0.6 is 0 Å². The van der Waals surface area contributed by atoms with Crippen LogP contribution in [-0.2, 0) is 14.0 Å². The Kier molecular flexibility index (Phi) is 2.90. The van der Waals surface area contributed by atoms with Crippen LogP contribution < -0.4 is 0 Å². The molecule has 1 aliphatic heterocycles. The second-order valence-corrected chi connectivity index (χ2v) is 8.46. The molecule has 1 aliphatic rings. The van der Waals surface area contributed by atoms with E-state index in [1.165, 1.54) is 0 Å². The maximum atomic E-state index is 11.3. The van der Waals surface area contributed by atoms with Crippen LogP contribution in [0.4, 0.5) is 0 Å².